The lowest BCUT2D eigenvalue weighted by Crippen LogP contribution is -2.14. The average molecular weight is 319 g/mol. The molecular formula is C21H34O2. The molecular weight excluding hydrogens is 284 g/mol. The van der Waals surface area contributed by atoms with Crippen LogP contribution in [-0.4, -0.2) is 12.9 Å². The molecule has 0 aromatic heterocycles. The minimum atomic E-state index is 0.156. The molecule has 1 aromatic rings. The van der Waals surface area contributed by atoms with Gasteiger partial charge >= 0.3 is 0 Å². The fourth-order valence-electron chi connectivity index (χ4n) is 2.35. The Hall–Kier alpha value is -1.31. The van der Waals surface area contributed by atoms with Gasteiger partial charge in [0.25, 0.3) is 0 Å². The van der Waals surface area contributed by atoms with Crippen LogP contribution in [0.15, 0.2) is 18.2 Å². The van der Waals surface area contributed by atoms with E-state index < -0.39 is 0 Å². The summed E-state index contributed by atoms with van der Waals surface area (Å²) in [5.74, 6) is 2.06. The molecule has 1 unspecified atom stereocenters. The number of methoxy groups -OCH3 is 1. The van der Waals surface area contributed by atoms with E-state index in [0.717, 1.165) is 12.2 Å². The molecule has 2 heteroatoms. The highest BCUT2D eigenvalue weighted by molar-refractivity contribution is 5.83. The zero-order chi connectivity index (χ0) is 17.6. The standard InChI is InChI=1S/C16H22O2.C5H12/c1-4-11(2)14(17)10-13-6-5-7-15(18-3)16(13)12-8-9-12;1-5(2,3)4/h5-7,11-12H,4,8-10H2,1-3H3;1-4H3. The van der Waals surface area contributed by atoms with Crippen molar-refractivity contribution in [2.24, 2.45) is 11.3 Å². The maximum absolute atomic E-state index is 12.1. The molecule has 1 atom stereocenters. The van der Waals surface area contributed by atoms with Gasteiger partial charge in [-0.2, -0.15) is 0 Å². The number of ketones is 1. The third-order valence-electron chi connectivity index (χ3n) is 3.89. The summed E-state index contributed by atoms with van der Waals surface area (Å²) in [6.07, 6.45) is 3.93. The fraction of sp³-hybridized carbons (Fsp3) is 0.667. The van der Waals surface area contributed by atoms with Crippen LogP contribution in [0.5, 0.6) is 5.75 Å². The molecule has 1 fully saturated rings. The van der Waals surface area contributed by atoms with Crippen molar-refractivity contribution in [2.45, 2.75) is 73.1 Å². The number of ether oxygens (including phenoxy) is 1. The molecule has 1 saturated carbocycles. The van der Waals surface area contributed by atoms with Crippen LogP contribution >= 0.6 is 0 Å². The Morgan fingerprint density at radius 1 is 1.26 bits per heavy atom. The van der Waals surface area contributed by atoms with Crippen molar-refractivity contribution >= 4 is 5.78 Å². The van der Waals surface area contributed by atoms with Gasteiger partial charge in [-0.05, 0) is 42.2 Å². The van der Waals surface area contributed by atoms with E-state index in [1.165, 1.54) is 24.0 Å². The van der Waals surface area contributed by atoms with E-state index in [0.29, 0.717) is 23.5 Å². The van der Waals surface area contributed by atoms with Crippen molar-refractivity contribution in [2.75, 3.05) is 7.11 Å². The summed E-state index contributed by atoms with van der Waals surface area (Å²) in [4.78, 5) is 12.1. The molecule has 23 heavy (non-hydrogen) atoms. The largest absolute Gasteiger partial charge is 0.496 e. The smallest absolute Gasteiger partial charge is 0.140 e. The fourth-order valence-corrected chi connectivity index (χ4v) is 2.35. The summed E-state index contributed by atoms with van der Waals surface area (Å²) in [6, 6.07) is 6.07. The summed E-state index contributed by atoms with van der Waals surface area (Å²) < 4.78 is 5.44. The van der Waals surface area contributed by atoms with Crippen LogP contribution in [0.25, 0.3) is 0 Å². The lowest BCUT2D eigenvalue weighted by Gasteiger charge is -2.14. The first kappa shape index (κ1) is 19.7. The molecule has 0 heterocycles. The van der Waals surface area contributed by atoms with Crippen molar-refractivity contribution in [1.29, 1.82) is 0 Å². The zero-order valence-electron chi connectivity index (χ0n) is 16.0. The average Bonchev–Trinajstić information content (AvgIpc) is 3.28. The molecule has 0 bridgehead atoms. The van der Waals surface area contributed by atoms with E-state index in [9.17, 15) is 4.79 Å². The Morgan fingerprint density at radius 2 is 1.83 bits per heavy atom. The number of Topliss-reactive ketones (excluding diaryl/α,β-unsaturated/α-hetero) is 1. The van der Waals surface area contributed by atoms with Crippen LogP contribution in [-0.2, 0) is 11.2 Å². The van der Waals surface area contributed by atoms with Crippen LogP contribution in [0.2, 0.25) is 0 Å². The monoisotopic (exact) mass is 318 g/mol. The second-order valence-corrected chi connectivity index (χ2v) is 8.26. The molecule has 0 radical (unpaired) electrons. The molecule has 0 N–H and O–H groups in total. The third kappa shape index (κ3) is 7.20. The summed E-state index contributed by atoms with van der Waals surface area (Å²) in [5.41, 5.74) is 2.94. The molecule has 2 rings (SSSR count). The maximum Gasteiger partial charge on any atom is 0.140 e. The van der Waals surface area contributed by atoms with E-state index >= 15 is 0 Å². The lowest BCUT2D eigenvalue weighted by molar-refractivity contribution is -0.121. The number of hydrogen-bond acceptors (Lipinski definition) is 2. The van der Waals surface area contributed by atoms with Crippen molar-refractivity contribution in [3.8, 4) is 5.75 Å². The summed E-state index contributed by atoms with van der Waals surface area (Å²) in [7, 11) is 1.71. The number of hydrogen-bond donors (Lipinski definition) is 0. The van der Waals surface area contributed by atoms with Crippen molar-refractivity contribution in [3.63, 3.8) is 0 Å². The molecule has 1 aliphatic rings. The summed E-state index contributed by atoms with van der Waals surface area (Å²) in [5, 5.41) is 0. The first-order valence-corrected chi connectivity index (χ1v) is 8.85. The summed E-state index contributed by atoms with van der Waals surface area (Å²) in [6.45, 7) is 12.8. The van der Waals surface area contributed by atoms with Gasteiger partial charge in [-0.1, -0.05) is 53.7 Å². The molecule has 0 aliphatic heterocycles. The topological polar surface area (TPSA) is 26.3 Å². The number of benzene rings is 1. The minimum Gasteiger partial charge on any atom is -0.496 e. The third-order valence-corrected chi connectivity index (χ3v) is 3.89. The second-order valence-electron chi connectivity index (χ2n) is 8.26. The minimum absolute atomic E-state index is 0.156. The molecule has 0 amide bonds. The Labute approximate surface area is 142 Å². The highest BCUT2D eigenvalue weighted by atomic mass is 16.5. The molecule has 0 spiro atoms. The second kappa shape index (κ2) is 8.52. The van der Waals surface area contributed by atoms with Crippen LogP contribution < -0.4 is 4.74 Å². The Balaban J connectivity index is 0.000000463. The first-order valence-electron chi connectivity index (χ1n) is 8.85. The Kier molecular flexibility index (Phi) is 7.31. The molecule has 0 saturated heterocycles. The predicted molar refractivity (Wildman–Crippen MR) is 98.3 cm³/mol. The SMILES string of the molecule is CC(C)(C)C.CCC(C)C(=O)Cc1cccc(OC)c1C1CC1. The first-order chi connectivity index (χ1) is 10.7. The molecule has 2 nitrogen and oxygen atoms in total. The predicted octanol–water partition coefficient (Wildman–Crippen LogP) is 5.78. The van der Waals surface area contributed by atoms with Crippen molar-refractivity contribution in [1.82, 2.24) is 0 Å². The Bertz CT molecular complexity index is 501. The van der Waals surface area contributed by atoms with Gasteiger partial charge in [0.2, 0.25) is 0 Å². The van der Waals surface area contributed by atoms with E-state index in [1.807, 2.05) is 19.1 Å². The van der Waals surface area contributed by atoms with Crippen LogP contribution in [0.4, 0.5) is 0 Å². The van der Waals surface area contributed by atoms with E-state index in [2.05, 4.69) is 40.7 Å². The van der Waals surface area contributed by atoms with Gasteiger partial charge in [0.15, 0.2) is 0 Å². The van der Waals surface area contributed by atoms with Gasteiger partial charge < -0.3 is 4.74 Å². The number of carbonyl (C=O) groups is 1. The Morgan fingerprint density at radius 3 is 2.26 bits per heavy atom. The highest BCUT2D eigenvalue weighted by Crippen LogP contribution is 2.46. The molecule has 130 valence electrons. The van der Waals surface area contributed by atoms with Crippen LogP contribution in [0.3, 0.4) is 0 Å². The lowest BCUT2D eigenvalue weighted by atomic mass is 9.93. The number of rotatable bonds is 6. The van der Waals surface area contributed by atoms with Crippen LogP contribution in [0, 0.1) is 11.3 Å². The quantitative estimate of drug-likeness (QED) is 0.664. The van der Waals surface area contributed by atoms with Gasteiger partial charge in [-0.25, -0.2) is 0 Å². The van der Waals surface area contributed by atoms with E-state index in [1.54, 1.807) is 7.11 Å². The van der Waals surface area contributed by atoms with Gasteiger partial charge in [0.1, 0.15) is 11.5 Å². The van der Waals surface area contributed by atoms with E-state index in [4.69, 9.17) is 4.74 Å². The highest BCUT2D eigenvalue weighted by Gasteiger charge is 2.29. The number of carbonyl (C=O) groups excluding carboxylic acids is 1. The van der Waals surface area contributed by atoms with Crippen LogP contribution in [0.1, 0.15) is 77.8 Å². The van der Waals surface area contributed by atoms with Crippen molar-refractivity contribution < 1.29 is 9.53 Å². The summed E-state index contributed by atoms with van der Waals surface area (Å²) >= 11 is 0. The van der Waals surface area contributed by atoms with Gasteiger partial charge in [-0.15, -0.1) is 0 Å². The molecule has 1 aromatic carbocycles. The zero-order valence-corrected chi connectivity index (χ0v) is 16.0. The van der Waals surface area contributed by atoms with E-state index in [-0.39, 0.29) is 5.92 Å². The van der Waals surface area contributed by atoms with Gasteiger partial charge in [-0.3, -0.25) is 4.79 Å². The van der Waals surface area contributed by atoms with Gasteiger partial charge in [0, 0.05) is 17.9 Å². The maximum atomic E-state index is 12.1. The van der Waals surface area contributed by atoms with Gasteiger partial charge in [0.05, 0.1) is 7.11 Å². The molecule has 1 aliphatic carbocycles. The normalized spacial score (nSPS) is 15.4. The van der Waals surface area contributed by atoms with Crippen molar-refractivity contribution in [3.05, 3.63) is 29.3 Å².